The van der Waals surface area contributed by atoms with Gasteiger partial charge in [0.15, 0.2) is 0 Å². The van der Waals surface area contributed by atoms with E-state index in [1.165, 1.54) is 6.07 Å². The summed E-state index contributed by atoms with van der Waals surface area (Å²) in [5, 5.41) is 2.87. The van der Waals surface area contributed by atoms with Crippen molar-refractivity contribution in [3.63, 3.8) is 0 Å². The smallest absolute Gasteiger partial charge is 0.261 e. The molecule has 2 fully saturated rings. The summed E-state index contributed by atoms with van der Waals surface area (Å²) in [4.78, 5) is 12.4. The number of amides is 1. The van der Waals surface area contributed by atoms with Gasteiger partial charge in [-0.15, -0.1) is 11.3 Å². The predicted molar refractivity (Wildman–Crippen MR) is 92.7 cm³/mol. The minimum absolute atomic E-state index is 0.0664. The van der Waals surface area contributed by atoms with Crippen LogP contribution in [0.1, 0.15) is 40.4 Å². The van der Waals surface area contributed by atoms with E-state index in [4.69, 9.17) is 0 Å². The van der Waals surface area contributed by atoms with Crippen molar-refractivity contribution in [2.24, 2.45) is 0 Å². The molecule has 1 amide bonds. The molecule has 1 aromatic heterocycles. The lowest BCUT2D eigenvalue weighted by atomic mass is 10.1. The lowest BCUT2D eigenvalue weighted by Crippen LogP contribution is -2.26. The highest BCUT2D eigenvalue weighted by atomic mass is 32.2. The number of nitrogens with one attached hydrogen (secondary N) is 2. The second-order valence-corrected chi connectivity index (χ2v) is 9.37. The number of hydrogen-bond acceptors (Lipinski definition) is 4. The fourth-order valence-electron chi connectivity index (χ4n) is 2.72. The Balaban J connectivity index is 1.42. The van der Waals surface area contributed by atoms with Crippen LogP contribution >= 0.6 is 11.3 Å². The molecule has 7 heteroatoms. The average Bonchev–Trinajstić information content (AvgIpc) is 3.47. The van der Waals surface area contributed by atoms with Crippen molar-refractivity contribution in [2.75, 3.05) is 0 Å². The van der Waals surface area contributed by atoms with Gasteiger partial charge in [-0.2, -0.15) is 0 Å². The standard InChI is InChI=1S/C17H18N2O3S2/c20-17(18-12-6-7-12)15-8-9-16(23-15)24(21,22)19-14-10-13(14)11-4-2-1-3-5-11/h1-5,8-9,12-14,19H,6-7,10H2,(H,18,20)/t13-,14+/m0/s1. The summed E-state index contributed by atoms with van der Waals surface area (Å²) < 4.78 is 27.9. The molecule has 1 aromatic carbocycles. The first-order valence-electron chi connectivity index (χ1n) is 8.01. The highest BCUT2D eigenvalue weighted by Crippen LogP contribution is 2.41. The molecule has 4 rings (SSSR count). The minimum atomic E-state index is -3.57. The van der Waals surface area contributed by atoms with E-state index in [0.29, 0.717) is 4.88 Å². The number of thiophene rings is 1. The third kappa shape index (κ3) is 3.38. The van der Waals surface area contributed by atoms with Crippen LogP contribution in [0.4, 0.5) is 0 Å². The number of benzene rings is 1. The summed E-state index contributed by atoms with van der Waals surface area (Å²) in [6.45, 7) is 0. The molecule has 1 heterocycles. The lowest BCUT2D eigenvalue weighted by Gasteiger charge is -2.04. The number of carbonyl (C=O) groups is 1. The van der Waals surface area contributed by atoms with E-state index in [1.54, 1.807) is 6.07 Å². The summed E-state index contributed by atoms with van der Waals surface area (Å²) in [6.07, 6.45) is 2.82. The van der Waals surface area contributed by atoms with Crippen LogP contribution in [0.3, 0.4) is 0 Å². The maximum atomic E-state index is 12.5. The molecule has 24 heavy (non-hydrogen) atoms. The Labute approximate surface area is 145 Å². The number of rotatable bonds is 6. The Kier molecular flexibility index (Phi) is 3.94. The van der Waals surface area contributed by atoms with Gasteiger partial charge in [0.2, 0.25) is 10.0 Å². The Morgan fingerprint density at radius 1 is 1.08 bits per heavy atom. The van der Waals surface area contributed by atoms with E-state index in [1.807, 2.05) is 30.3 Å². The van der Waals surface area contributed by atoms with E-state index < -0.39 is 10.0 Å². The Hall–Kier alpha value is -1.70. The molecule has 5 nitrogen and oxygen atoms in total. The summed E-state index contributed by atoms with van der Waals surface area (Å²) in [6, 6.07) is 13.2. The molecule has 2 aliphatic rings. The normalized spacial score (nSPS) is 23.0. The van der Waals surface area contributed by atoms with Crippen LogP contribution < -0.4 is 10.0 Å². The molecule has 0 aliphatic heterocycles. The number of carbonyl (C=O) groups excluding carboxylic acids is 1. The summed E-state index contributed by atoms with van der Waals surface area (Å²) >= 11 is 1.02. The lowest BCUT2D eigenvalue weighted by molar-refractivity contribution is 0.0955. The molecule has 0 saturated heterocycles. The molecule has 2 N–H and O–H groups in total. The first-order chi connectivity index (χ1) is 11.5. The monoisotopic (exact) mass is 362 g/mol. The molecule has 2 atom stereocenters. The van der Waals surface area contributed by atoms with Gasteiger partial charge in [0.05, 0.1) is 4.88 Å². The van der Waals surface area contributed by atoms with Gasteiger partial charge >= 0.3 is 0 Å². The van der Waals surface area contributed by atoms with Gasteiger partial charge in [0.25, 0.3) is 5.91 Å². The Morgan fingerprint density at radius 3 is 2.54 bits per heavy atom. The van der Waals surface area contributed by atoms with Crippen molar-refractivity contribution in [3.05, 3.63) is 52.9 Å². The first-order valence-corrected chi connectivity index (χ1v) is 10.3. The SMILES string of the molecule is O=C(NC1CC1)c1ccc(S(=O)(=O)N[C@@H]2C[C@H]2c2ccccc2)s1. The fraction of sp³-hybridized carbons (Fsp3) is 0.353. The van der Waals surface area contributed by atoms with Crippen molar-refractivity contribution in [1.82, 2.24) is 10.0 Å². The van der Waals surface area contributed by atoms with Crippen LogP contribution in [0, 0.1) is 0 Å². The van der Waals surface area contributed by atoms with Crippen molar-refractivity contribution < 1.29 is 13.2 Å². The molecule has 0 radical (unpaired) electrons. The minimum Gasteiger partial charge on any atom is -0.349 e. The summed E-state index contributed by atoms with van der Waals surface area (Å²) in [7, 11) is -3.57. The van der Waals surface area contributed by atoms with Crippen LogP contribution in [0.25, 0.3) is 0 Å². The first kappa shape index (κ1) is 15.8. The largest absolute Gasteiger partial charge is 0.349 e. The quantitative estimate of drug-likeness (QED) is 0.829. The second kappa shape index (κ2) is 5.98. The summed E-state index contributed by atoms with van der Waals surface area (Å²) in [5.41, 5.74) is 1.15. The van der Waals surface area contributed by atoms with E-state index in [-0.39, 0.29) is 28.1 Å². The second-order valence-electron chi connectivity index (χ2n) is 6.35. The van der Waals surface area contributed by atoms with Gasteiger partial charge in [-0.05, 0) is 37.0 Å². The zero-order chi connectivity index (χ0) is 16.7. The summed E-state index contributed by atoms with van der Waals surface area (Å²) in [5.74, 6) is 0.0520. The van der Waals surface area contributed by atoms with Gasteiger partial charge in [-0.3, -0.25) is 4.79 Å². The molecule has 0 unspecified atom stereocenters. The number of sulfonamides is 1. The zero-order valence-electron chi connectivity index (χ0n) is 12.9. The number of hydrogen-bond donors (Lipinski definition) is 2. The maximum Gasteiger partial charge on any atom is 0.261 e. The fourth-order valence-corrected chi connectivity index (χ4v) is 5.24. The molecule has 2 saturated carbocycles. The third-order valence-electron chi connectivity index (χ3n) is 4.31. The Bertz CT molecular complexity index is 857. The molecule has 0 bridgehead atoms. The van der Waals surface area contributed by atoms with E-state index in [0.717, 1.165) is 36.2 Å². The highest BCUT2D eigenvalue weighted by molar-refractivity contribution is 7.91. The molecule has 0 spiro atoms. The van der Waals surface area contributed by atoms with Gasteiger partial charge < -0.3 is 5.32 Å². The van der Waals surface area contributed by atoms with Crippen molar-refractivity contribution in [1.29, 1.82) is 0 Å². The zero-order valence-corrected chi connectivity index (χ0v) is 14.6. The van der Waals surface area contributed by atoms with Crippen molar-refractivity contribution in [3.8, 4) is 0 Å². The van der Waals surface area contributed by atoms with Crippen LogP contribution in [-0.2, 0) is 10.0 Å². The third-order valence-corrected chi connectivity index (χ3v) is 7.37. The van der Waals surface area contributed by atoms with E-state index >= 15 is 0 Å². The van der Waals surface area contributed by atoms with Gasteiger partial charge in [-0.1, -0.05) is 30.3 Å². The molecular weight excluding hydrogens is 344 g/mol. The molecule has 2 aromatic rings. The van der Waals surface area contributed by atoms with Crippen LogP contribution in [0.5, 0.6) is 0 Å². The highest BCUT2D eigenvalue weighted by Gasteiger charge is 2.41. The van der Waals surface area contributed by atoms with Gasteiger partial charge in [-0.25, -0.2) is 13.1 Å². The average molecular weight is 362 g/mol. The molecule has 126 valence electrons. The van der Waals surface area contributed by atoms with Crippen molar-refractivity contribution in [2.45, 2.75) is 41.5 Å². The molecule has 2 aliphatic carbocycles. The van der Waals surface area contributed by atoms with Gasteiger partial charge in [0, 0.05) is 18.0 Å². The topological polar surface area (TPSA) is 75.3 Å². The van der Waals surface area contributed by atoms with Gasteiger partial charge in [0.1, 0.15) is 4.21 Å². The predicted octanol–water partition coefficient (Wildman–Crippen LogP) is 2.47. The van der Waals surface area contributed by atoms with Crippen LogP contribution in [-0.4, -0.2) is 26.4 Å². The van der Waals surface area contributed by atoms with Crippen molar-refractivity contribution >= 4 is 27.3 Å². The van der Waals surface area contributed by atoms with E-state index in [9.17, 15) is 13.2 Å². The maximum absolute atomic E-state index is 12.5. The van der Waals surface area contributed by atoms with Crippen LogP contribution in [0.15, 0.2) is 46.7 Å². The van der Waals surface area contributed by atoms with E-state index in [2.05, 4.69) is 10.0 Å². The Morgan fingerprint density at radius 2 is 1.83 bits per heavy atom. The van der Waals surface area contributed by atoms with Crippen LogP contribution in [0.2, 0.25) is 0 Å². The molecular formula is C17H18N2O3S2.